The summed E-state index contributed by atoms with van der Waals surface area (Å²) in [6.07, 6.45) is 3.10. The van der Waals surface area contributed by atoms with Crippen molar-refractivity contribution >= 4 is 51.1 Å². The molecule has 4 rings (SSSR count). The first-order valence-corrected chi connectivity index (χ1v) is 11.6. The molecule has 0 bridgehead atoms. The summed E-state index contributed by atoms with van der Waals surface area (Å²) >= 11 is 3.31. The van der Waals surface area contributed by atoms with E-state index in [0.717, 1.165) is 39.3 Å². The van der Waals surface area contributed by atoms with Gasteiger partial charge in [0.2, 0.25) is 0 Å². The van der Waals surface area contributed by atoms with Crippen LogP contribution in [-0.2, 0) is 17.1 Å². The van der Waals surface area contributed by atoms with Gasteiger partial charge in [0.25, 0.3) is 0 Å². The summed E-state index contributed by atoms with van der Waals surface area (Å²) in [5.74, 6) is -0.964. The number of aryl methyl sites for hydroxylation is 3. The number of nitrogens with zero attached hydrogens (tertiary/aromatic N) is 3. The average molecular weight is 634 g/mol. The maximum absolute atomic E-state index is 10.9. The fourth-order valence-electron chi connectivity index (χ4n) is 3.35. The number of aldehydes is 2. The molecule has 200 valence electrons. The summed E-state index contributed by atoms with van der Waals surface area (Å²) in [4.78, 5) is 37.7. The van der Waals surface area contributed by atoms with Gasteiger partial charge in [-0.2, -0.15) is 5.26 Å². The van der Waals surface area contributed by atoms with E-state index in [9.17, 15) is 14.4 Å². The number of rotatable bonds is 3. The Morgan fingerprint density at radius 2 is 1.54 bits per heavy atom. The third kappa shape index (κ3) is 9.70. The zero-order valence-corrected chi connectivity index (χ0v) is 23.6. The van der Waals surface area contributed by atoms with E-state index in [1.807, 2.05) is 32.0 Å². The number of nitriles is 1. The minimum Gasteiger partial charge on any atom is -0.512 e. The van der Waals surface area contributed by atoms with E-state index in [-0.39, 0.29) is 22.6 Å². The van der Waals surface area contributed by atoms with Crippen LogP contribution in [0.3, 0.4) is 0 Å². The van der Waals surface area contributed by atoms with Crippen molar-refractivity contribution < 1.29 is 36.6 Å². The van der Waals surface area contributed by atoms with Gasteiger partial charge in [-0.3, -0.25) is 9.59 Å². The zero-order chi connectivity index (χ0) is 28.8. The Morgan fingerprint density at radius 1 is 0.974 bits per heavy atom. The van der Waals surface area contributed by atoms with Gasteiger partial charge in [0.1, 0.15) is 12.6 Å². The molecule has 10 heteroatoms. The molecule has 0 saturated heterocycles. The number of nitrogens with one attached hydrogen (secondary N) is 1. The Hall–Kier alpha value is -4.52. The summed E-state index contributed by atoms with van der Waals surface area (Å²) in [7, 11) is 0. The first-order valence-electron chi connectivity index (χ1n) is 10.8. The molecule has 39 heavy (non-hydrogen) atoms. The fourth-order valence-corrected chi connectivity index (χ4v) is 3.82. The molecule has 8 nitrogen and oxygen atoms in total. The second-order valence-corrected chi connectivity index (χ2v) is 8.64. The van der Waals surface area contributed by atoms with E-state index in [1.165, 1.54) is 6.20 Å². The normalized spacial score (nSPS) is 8.82. The number of carboxylic acid groups (broad SMARTS) is 1. The number of aromatic carboxylic acids is 1. The van der Waals surface area contributed by atoms with Crippen molar-refractivity contribution in [3.63, 3.8) is 0 Å². The van der Waals surface area contributed by atoms with Crippen molar-refractivity contribution in [2.24, 2.45) is 0 Å². The number of fused-ring (bicyclic) bond motifs is 1. The molecular weight excluding hydrogens is 612 g/mol. The molecule has 0 fully saturated rings. The second-order valence-electron chi connectivity index (χ2n) is 7.72. The molecule has 0 spiro atoms. The minimum atomic E-state index is -0.964. The third-order valence-corrected chi connectivity index (χ3v) is 5.70. The van der Waals surface area contributed by atoms with Crippen molar-refractivity contribution in [1.29, 1.82) is 10.5 Å². The number of H-pyrrole nitrogens is 1. The molecular formula is C29H22BrCuN4O4. The van der Waals surface area contributed by atoms with Crippen LogP contribution in [0, 0.1) is 50.5 Å². The smallest absolute Gasteiger partial charge is 0.512 e. The number of benzene rings is 3. The fraction of sp³-hybridized carbons (Fsp3) is 0.103. The number of carboxylic acids is 1. The summed E-state index contributed by atoms with van der Waals surface area (Å²) in [6.45, 7) is 17.0. The summed E-state index contributed by atoms with van der Waals surface area (Å²) in [5, 5.41) is 24.6. The van der Waals surface area contributed by atoms with Crippen LogP contribution in [0.4, 0.5) is 5.69 Å². The van der Waals surface area contributed by atoms with Gasteiger partial charge in [-0.1, -0.05) is 45.8 Å². The molecule has 0 amide bonds. The summed E-state index contributed by atoms with van der Waals surface area (Å²) in [6, 6.07) is 15.9. The Labute approximate surface area is 245 Å². The summed E-state index contributed by atoms with van der Waals surface area (Å²) < 4.78 is 1.01. The van der Waals surface area contributed by atoms with E-state index in [2.05, 4.69) is 25.8 Å². The molecule has 1 aromatic heterocycles. The first kappa shape index (κ1) is 34.5. The largest absolute Gasteiger partial charge is 1.00 e. The molecule has 0 unspecified atom stereocenters. The van der Waals surface area contributed by atoms with Crippen molar-refractivity contribution in [1.82, 2.24) is 4.98 Å². The van der Waals surface area contributed by atoms with Gasteiger partial charge in [-0.05, 0) is 56.2 Å². The van der Waals surface area contributed by atoms with Gasteiger partial charge >= 0.3 is 23.0 Å². The van der Waals surface area contributed by atoms with Gasteiger partial charge in [0, 0.05) is 32.7 Å². The van der Waals surface area contributed by atoms with Gasteiger partial charge in [-0.25, -0.2) is 9.64 Å². The first-order chi connectivity index (χ1) is 18.1. The SMILES string of the molecule is Cc1cc(Br)ccc1C=O.Cc1cc(C#N)cc2[nH]cc(C(=O)O)c12.[C-]#N.[C-]#[N+]c1ccc(C=O)c(C)c1.[Cu+]. The molecule has 0 radical (unpaired) electrons. The molecule has 1 heterocycles. The van der Waals surface area contributed by atoms with Gasteiger partial charge in [-0.15, -0.1) is 0 Å². The number of hydrogen-bond acceptors (Lipinski definition) is 5. The van der Waals surface area contributed by atoms with Gasteiger partial charge in [0.15, 0.2) is 5.69 Å². The number of halogens is 1. The average Bonchev–Trinajstić information content (AvgIpc) is 3.36. The van der Waals surface area contributed by atoms with Crippen LogP contribution >= 0.6 is 15.9 Å². The second kappa shape index (κ2) is 17.1. The van der Waals surface area contributed by atoms with Crippen molar-refractivity contribution in [3.05, 3.63) is 116 Å². The maximum Gasteiger partial charge on any atom is 1.00 e. The third-order valence-electron chi connectivity index (χ3n) is 5.20. The molecule has 0 atom stereocenters. The zero-order valence-electron chi connectivity index (χ0n) is 21.0. The monoisotopic (exact) mass is 632 g/mol. The van der Waals surface area contributed by atoms with Crippen LogP contribution in [0.15, 0.2) is 59.2 Å². The standard InChI is InChI=1S/C11H8N2O2.C9H7NO.C8H7BrO.CN.Cu/c1-6-2-7(4-12)3-9-10(6)8(5-13-9)11(14)15;1-7-5-9(10-2)4-3-8(7)6-11;1-6-4-8(9)3-2-7(6)5-10;1-2;/h2-3,5,13H,1H3,(H,14,15);3-6H,1H3;2-5H,1H3;;/q;;;-1;+1. The van der Waals surface area contributed by atoms with Gasteiger partial charge in [0.05, 0.1) is 23.8 Å². The van der Waals surface area contributed by atoms with Crippen LogP contribution in [0.1, 0.15) is 53.3 Å². The Balaban J connectivity index is 0.000000544. The maximum atomic E-state index is 10.9. The molecule has 0 aliphatic carbocycles. The van der Waals surface area contributed by atoms with Gasteiger partial charge < -0.3 is 21.9 Å². The molecule has 4 aromatic rings. The van der Waals surface area contributed by atoms with Crippen LogP contribution < -0.4 is 0 Å². The topological polar surface area (TPSA) is 139 Å². The van der Waals surface area contributed by atoms with E-state index in [4.69, 9.17) is 28.8 Å². The van der Waals surface area contributed by atoms with E-state index in [1.54, 1.807) is 43.3 Å². The van der Waals surface area contributed by atoms with E-state index >= 15 is 0 Å². The predicted molar refractivity (Wildman–Crippen MR) is 147 cm³/mol. The molecule has 0 saturated carbocycles. The van der Waals surface area contributed by atoms with Crippen LogP contribution in [0.25, 0.3) is 15.7 Å². The predicted octanol–water partition coefficient (Wildman–Crippen LogP) is 7.07. The quantitative estimate of drug-likeness (QED) is 0.141. The van der Waals surface area contributed by atoms with Crippen LogP contribution in [0.2, 0.25) is 0 Å². The number of carbonyl (C=O) groups excluding carboxylic acids is 2. The molecule has 0 aliphatic rings. The van der Waals surface area contributed by atoms with Crippen LogP contribution in [0.5, 0.6) is 0 Å². The number of hydrogen-bond donors (Lipinski definition) is 2. The van der Waals surface area contributed by atoms with Crippen molar-refractivity contribution in [3.8, 4) is 6.07 Å². The summed E-state index contributed by atoms with van der Waals surface area (Å²) in [5.41, 5.74) is 6.09. The number of aromatic amines is 1. The van der Waals surface area contributed by atoms with E-state index < -0.39 is 5.97 Å². The van der Waals surface area contributed by atoms with Crippen molar-refractivity contribution in [2.75, 3.05) is 0 Å². The molecule has 2 N–H and O–H groups in total. The Bertz CT molecular complexity index is 1580. The molecule has 3 aromatic carbocycles. The number of aromatic nitrogens is 1. The van der Waals surface area contributed by atoms with Crippen LogP contribution in [-0.4, -0.2) is 28.6 Å². The minimum absolute atomic E-state index is 0. The number of carbonyl (C=O) groups is 3. The Morgan fingerprint density at radius 3 is 2.00 bits per heavy atom. The molecule has 0 aliphatic heterocycles. The van der Waals surface area contributed by atoms with Crippen molar-refractivity contribution in [2.45, 2.75) is 20.8 Å². The Kier molecular flexibility index (Phi) is 15.1. The van der Waals surface area contributed by atoms with E-state index in [0.29, 0.717) is 27.7 Å².